The van der Waals surface area contributed by atoms with Gasteiger partial charge >= 0.3 is 13.6 Å². The molecule has 0 rings (SSSR count). The smallest absolute Gasteiger partial charge is 0.348 e. The second kappa shape index (κ2) is 6.39. The fourth-order valence-corrected chi connectivity index (χ4v) is 1.23. The van der Waals surface area contributed by atoms with Gasteiger partial charge in [-0.05, 0) is 0 Å². The summed E-state index contributed by atoms with van der Waals surface area (Å²) in [4.78, 5) is 37.9. The second-order valence-corrected chi connectivity index (χ2v) is 4.42. The van der Waals surface area contributed by atoms with E-state index in [-0.39, 0.29) is 13.0 Å². The number of carbonyl (C=O) groups is 2. The lowest BCUT2D eigenvalue weighted by Gasteiger charge is -2.10. The molecule has 0 heterocycles. The minimum Gasteiger partial charge on any atom is -0.480 e. The number of rotatable bonds is 7. The van der Waals surface area contributed by atoms with E-state index in [2.05, 4.69) is 5.32 Å². The zero-order chi connectivity index (χ0) is 12.8. The van der Waals surface area contributed by atoms with Gasteiger partial charge < -0.3 is 25.9 Å². The Balaban J connectivity index is 4.14. The van der Waals surface area contributed by atoms with Crippen LogP contribution in [0.5, 0.6) is 0 Å². The summed E-state index contributed by atoms with van der Waals surface area (Å²) in [6, 6.07) is -1.17. The lowest BCUT2D eigenvalue weighted by Crippen LogP contribution is -2.40. The molecule has 92 valence electrons. The first-order valence-electron chi connectivity index (χ1n) is 4.20. The molecular formula is C7H13N2O6P. The van der Waals surface area contributed by atoms with Gasteiger partial charge in [0.2, 0.25) is 5.91 Å². The molecule has 0 radical (unpaired) electrons. The van der Waals surface area contributed by atoms with E-state index in [0.717, 1.165) is 6.08 Å². The normalized spacial score (nSPS) is 13.9. The summed E-state index contributed by atoms with van der Waals surface area (Å²) >= 11 is 0. The van der Waals surface area contributed by atoms with Gasteiger partial charge in [0, 0.05) is 12.4 Å². The van der Waals surface area contributed by atoms with Crippen molar-refractivity contribution in [3.63, 3.8) is 0 Å². The van der Waals surface area contributed by atoms with E-state index in [9.17, 15) is 14.2 Å². The highest BCUT2D eigenvalue weighted by Crippen LogP contribution is 2.35. The zero-order valence-electron chi connectivity index (χ0n) is 8.24. The first-order valence-corrected chi connectivity index (χ1v) is 5.88. The van der Waals surface area contributed by atoms with Crippen molar-refractivity contribution in [1.29, 1.82) is 0 Å². The summed E-state index contributed by atoms with van der Waals surface area (Å²) in [5.41, 5.74) is 4.82. The Morgan fingerprint density at radius 2 is 2.00 bits per heavy atom. The van der Waals surface area contributed by atoms with E-state index in [1.807, 2.05) is 0 Å². The molecule has 0 aromatic carbocycles. The van der Waals surface area contributed by atoms with E-state index < -0.39 is 25.5 Å². The number of amides is 1. The van der Waals surface area contributed by atoms with Crippen LogP contribution in [0.1, 0.15) is 6.42 Å². The summed E-state index contributed by atoms with van der Waals surface area (Å²) < 4.78 is 10.4. The molecular weight excluding hydrogens is 239 g/mol. The number of carbonyl (C=O) groups excluding carboxylic acids is 1. The molecule has 0 unspecified atom stereocenters. The number of nitrogens with one attached hydrogen (secondary N) is 1. The molecule has 9 heteroatoms. The Hall–Kier alpha value is -1.21. The Kier molecular flexibility index (Phi) is 5.91. The van der Waals surface area contributed by atoms with Gasteiger partial charge in [-0.15, -0.1) is 0 Å². The summed E-state index contributed by atoms with van der Waals surface area (Å²) in [5, 5.41) is 11.0. The molecule has 1 amide bonds. The Morgan fingerprint density at radius 3 is 2.38 bits per heavy atom. The molecule has 0 saturated heterocycles. The maximum absolute atomic E-state index is 10.6. The molecule has 1 atom stereocenters. The summed E-state index contributed by atoms with van der Waals surface area (Å²) in [7, 11) is -4.24. The second-order valence-electron chi connectivity index (χ2n) is 2.94. The fourth-order valence-electron chi connectivity index (χ4n) is 0.848. The van der Waals surface area contributed by atoms with Gasteiger partial charge in [-0.3, -0.25) is 14.2 Å². The number of hydrogen-bond donors (Lipinski definition) is 5. The van der Waals surface area contributed by atoms with Gasteiger partial charge in [-0.2, -0.15) is 0 Å². The Labute approximate surface area is 91.3 Å². The molecule has 0 aliphatic heterocycles. The highest BCUT2D eigenvalue weighted by Gasteiger charge is 2.18. The lowest BCUT2D eigenvalue weighted by molar-refractivity contribution is -0.141. The molecule has 0 bridgehead atoms. The van der Waals surface area contributed by atoms with Crippen LogP contribution in [0.3, 0.4) is 0 Å². The van der Waals surface area contributed by atoms with Crippen molar-refractivity contribution in [1.82, 2.24) is 5.32 Å². The summed E-state index contributed by atoms with van der Waals surface area (Å²) in [6.07, 6.45) is 0.691. The van der Waals surface area contributed by atoms with Crippen LogP contribution in [-0.4, -0.2) is 39.4 Å². The average molecular weight is 252 g/mol. The van der Waals surface area contributed by atoms with Crippen molar-refractivity contribution in [3.8, 4) is 0 Å². The molecule has 0 spiro atoms. The number of carboxylic acids is 1. The number of aliphatic carboxylic acids is 1. The van der Waals surface area contributed by atoms with Crippen LogP contribution in [0.2, 0.25) is 0 Å². The van der Waals surface area contributed by atoms with Crippen molar-refractivity contribution in [3.05, 3.63) is 11.9 Å². The highest BCUT2D eigenvalue weighted by molar-refractivity contribution is 7.55. The topological polar surface area (TPSA) is 150 Å². The van der Waals surface area contributed by atoms with Crippen molar-refractivity contribution < 1.29 is 29.0 Å². The standard InChI is InChI=1S/C7H13N2O6P/c8-6(10)4-5(7(11)12)9-2-1-3-16(13,14)15/h1,3,5,9H,2,4H2,(H2,8,10)(H,11,12)(H2,13,14,15)/t5-/m0/s1. The maximum atomic E-state index is 10.6. The average Bonchev–Trinajstić information content (AvgIpc) is 2.07. The summed E-state index contributed by atoms with van der Waals surface area (Å²) in [5.74, 6) is -1.40. The predicted molar refractivity (Wildman–Crippen MR) is 54.4 cm³/mol. The van der Waals surface area contributed by atoms with Crippen molar-refractivity contribution in [2.45, 2.75) is 12.5 Å². The predicted octanol–water partition coefficient (Wildman–Crippen LogP) is -1.40. The van der Waals surface area contributed by atoms with Crippen molar-refractivity contribution >= 4 is 19.5 Å². The third-order valence-corrected chi connectivity index (χ3v) is 2.08. The SMILES string of the molecule is NC(=O)C[C@H](NCC=CP(=O)(O)O)C(=O)O. The van der Waals surface area contributed by atoms with Gasteiger partial charge in [0.05, 0.1) is 6.42 Å². The van der Waals surface area contributed by atoms with Crippen molar-refractivity contribution in [2.24, 2.45) is 5.73 Å². The van der Waals surface area contributed by atoms with Crippen LogP contribution < -0.4 is 11.1 Å². The maximum Gasteiger partial charge on any atom is 0.348 e. The van der Waals surface area contributed by atoms with Gasteiger partial charge in [0.15, 0.2) is 0 Å². The molecule has 8 nitrogen and oxygen atoms in total. The van der Waals surface area contributed by atoms with Crippen molar-refractivity contribution in [2.75, 3.05) is 6.54 Å². The molecule has 16 heavy (non-hydrogen) atoms. The van der Waals surface area contributed by atoms with Gasteiger partial charge in [-0.25, -0.2) is 0 Å². The molecule has 0 saturated carbocycles. The van der Waals surface area contributed by atoms with Crippen LogP contribution >= 0.6 is 7.60 Å². The minimum absolute atomic E-state index is 0.0879. The van der Waals surface area contributed by atoms with E-state index >= 15 is 0 Å². The molecule has 0 fully saturated rings. The van der Waals surface area contributed by atoms with Gasteiger partial charge in [0.25, 0.3) is 0 Å². The highest BCUT2D eigenvalue weighted by atomic mass is 31.2. The molecule has 0 aromatic rings. The largest absolute Gasteiger partial charge is 0.480 e. The third kappa shape index (κ3) is 8.13. The summed E-state index contributed by atoms with van der Waals surface area (Å²) in [6.45, 7) is -0.0879. The fraction of sp³-hybridized carbons (Fsp3) is 0.429. The zero-order valence-corrected chi connectivity index (χ0v) is 9.13. The van der Waals surface area contributed by atoms with E-state index in [0.29, 0.717) is 5.82 Å². The molecule has 6 N–H and O–H groups in total. The van der Waals surface area contributed by atoms with Gasteiger partial charge in [0.1, 0.15) is 6.04 Å². The Morgan fingerprint density at radius 1 is 1.44 bits per heavy atom. The lowest BCUT2D eigenvalue weighted by atomic mass is 10.2. The number of primary amides is 1. The first kappa shape index (κ1) is 14.8. The van der Waals surface area contributed by atoms with E-state index in [1.54, 1.807) is 0 Å². The van der Waals surface area contributed by atoms with Crippen LogP contribution in [0.15, 0.2) is 11.9 Å². The minimum atomic E-state index is -4.24. The Bertz CT molecular complexity index is 336. The third-order valence-electron chi connectivity index (χ3n) is 1.49. The monoisotopic (exact) mass is 252 g/mol. The van der Waals surface area contributed by atoms with E-state index in [1.165, 1.54) is 0 Å². The van der Waals surface area contributed by atoms with Crippen LogP contribution in [-0.2, 0) is 14.2 Å². The van der Waals surface area contributed by atoms with E-state index in [4.69, 9.17) is 20.6 Å². The number of carboxylic acid groups (broad SMARTS) is 1. The van der Waals surface area contributed by atoms with Crippen LogP contribution in [0.25, 0.3) is 0 Å². The molecule has 0 aliphatic rings. The van der Waals surface area contributed by atoms with Crippen LogP contribution in [0.4, 0.5) is 0 Å². The molecule has 0 aliphatic carbocycles. The van der Waals surface area contributed by atoms with Crippen LogP contribution in [0, 0.1) is 0 Å². The quantitative estimate of drug-likeness (QED) is 0.349. The van der Waals surface area contributed by atoms with Gasteiger partial charge in [-0.1, -0.05) is 6.08 Å². The first-order chi connectivity index (χ1) is 7.22. The number of nitrogens with two attached hydrogens (primary N) is 1. The molecule has 0 aromatic heterocycles. The number of hydrogen-bond acceptors (Lipinski definition) is 4.